The molecule has 3 heteroatoms. The first-order valence-corrected chi connectivity index (χ1v) is 7.58. The normalized spacial score (nSPS) is 10.5. The van der Waals surface area contributed by atoms with Crippen molar-refractivity contribution >= 4 is 28.4 Å². The second kappa shape index (κ2) is 6.02. The number of benzene rings is 3. The first-order chi connectivity index (χ1) is 10.3. The summed E-state index contributed by atoms with van der Waals surface area (Å²) in [5.74, 6) is -0.0540. The molecule has 21 heavy (non-hydrogen) atoms. The van der Waals surface area contributed by atoms with Crippen LogP contribution in [0.2, 0.25) is 0 Å². The minimum absolute atomic E-state index is 0.0540. The van der Waals surface area contributed by atoms with Crippen LogP contribution in [0.25, 0.3) is 10.8 Å². The molecule has 104 valence electrons. The van der Waals surface area contributed by atoms with Crippen molar-refractivity contribution in [2.24, 2.45) is 0 Å². The Morgan fingerprint density at radius 3 is 2.33 bits per heavy atom. The van der Waals surface area contributed by atoms with Crippen LogP contribution in [0, 0.1) is 0 Å². The first kappa shape index (κ1) is 13.7. The van der Waals surface area contributed by atoms with Crippen LogP contribution in [-0.4, -0.2) is 13.0 Å². The van der Waals surface area contributed by atoms with Gasteiger partial charge in [-0.2, -0.15) is 0 Å². The number of carbonyl (C=O) groups is 1. The fraction of sp³-hybridized carbons (Fsp3) is 0.0556. The van der Waals surface area contributed by atoms with Crippen molar-refractivity contribution in [2.75, 3.05) is 7.05 Å². The summed E-state index contributed by atoms with van der Waals surface area (Å²) in [6, 6.07) is 22.2. The Morgan fingerprint density at radius 2 is 1.62 bits per heavy atom. The van der Waals surface area contributed by atoms with Crippen LogP contribution in [0.4, 0.5) is 0 Å². The Balaban J connectivity index is 2.16. The zero-order chi connectivity index (χ0) is 14.7. The molecular formula is C18H15NOS. The predicted molar refractivity (Wildman–Crippen MR) is 87.9 cm³/mol. The molecular weight excluding hydrogens is 278 g/mol. The molecule has 0 fully saturated rings. The number of rotatable bonds is 3. The van der Waals surface area contributed by atoms with Crippen molar-refractivity contribution in [1.82, 2.24) is 5.32 Å². The van der Waals surface area contributed by atoms with Crippen LogP contribution >= 0.6 is 11.8 Å². The van der Waals surface area contributed by atoms with Crippen LogP contribution in [0.3, 0.4) is 0 Å². The largest absolute Gasteiger partial charge is 0.355 e. The minimum Gasteiger partial charge on any atom is -0.355 e. The van der Waals surface area contributed by atoms with E-state index in [0.29, 0.717) is 5.56 Å². The summed E-state index contributed by atoms with van der Waals surface area (Å²) in [4.78, 5) is 14.4. The highest BCUT2D eigenvalue weighted by molar-refractivity contribution is 7.99. The van der Waals surface area contributed by atoms with Crippen LogP contribution in [-0.2, 0) is 0 Å². The molecule has 0 unspecified atom stereocenters. The maximum atomic E-state index is 12.1. The van der Waals surface area contributed by atoms with E-state index in [0.717, 1.165) is 20.6 Å². The van der Waals surface area contributed by atoms with Crippen molar-refractivity contribution in [1.29, 1.82) is 0 Å². The van der Waals surface area contributed by atoms with Crippen LogP contribution < -0.4 is 5.32 Å². The lowest BCUT2D eigenvalue weighted by atomic mass is 10.0. The van der Waals surface area contributed by atoms with Gasteiger partial charge >= 0.3 is 0 Å². The van der Waals surface area contributed by atoms with Gasteiger partial charge in [0.15, 0.2) is 0 Å². The quantitative estimate of drug-likeness (QED) is 0.778. The molecule has 0 radical (unpaired) electrons. The molecule has 0 spiro atoms. The van der Waals surface area contributed by atoms with E-state index in [4.69, 9.17) is 0 Å². The molecule has 1 amide bonds. The zero-order valence-corrected chi connectivity index (χ0v) is 12.5. The van der Waals surface area contributed by atoms with Crippen molar-refractivity contribution in [3.8, 4) is 0 Å². The highest BCUT2D eigenvalue weighted by atomic mass is 32.2. The highest BCUT2D eigenvalue weighted by Gasteiger charge is 2.12. The Hall–Kier alpha value is -2.26. The molecule has 0 aromatic heterocycles. The fourth-order valence-electron chi connectivity index (χ4n) is 2.33. The topological polar surface area (TPSA) is 29.1 Å². The molecule has 0 heterocycles. The van der Waals surface area contributed by atoms with Gasteiger partial charge in [-0.05, 0) is 29.7 Å². The number of carbonyl (C=O) groups excluding carboxylic acids is 1. The summed E-state index contributed by atoms with van der Waals surface area (Å²) < 4.78 is 0. The smallest absolute Gasteiger partial charge is 0.251 e. The summed E-state index contributed by atoms with van der Waals surface area (Å²) in [7, 11) is 1.66. The maximum absolute atomic E-state index is 12.1. The summed E-state index contributed by atoms with van der Waals surface area (Å²) in [6.45, 7) is 0. The minimum atomic E-state index is -0.0540. The average Bonchev–Trinajstić information content (AvgIpc) is 2.55. The molecule has 0 aliphatic heterocycles. The van der Waals surface area contributed by atoms with Crippen LogP contribution in [0.15, 0.2) is 76.5 Å². The van der Waals surface area contributed by atoms with Gasteiger partial charge in [0, 0.05) is 27.8 Å². The van der Waals surface area contributed by atoms with E-state index in [1.807, 2.05) is 48.5 Å². The maximum Gasteiger partial charge on any atom is 0.251 e. The summed E-state index contributed by atoms with van der Waals surface area (Å²) in [5, 5.41) is 4.80. The molecule has 2 nitrogen and oxygen atoms in total. The molecule has 0 aliphatic rings. The SMILES string of the molecule is CNC(=O)c1cccc2cccc(Sc3ccccc3)c12. The Bertz CT molecular complexity index is 778. The third-order valence-corrected chi connectivity index (χ3v) is 4.38. The number of nitrogens with one attached hydrogen (secondary N) is 1. The van der Waals surface area contributed by atoms with E-state index in [1.165, 1.54) is 0 Å². The van der Waals surface area contributed by atoms with Gasteiger partial charge in [-0.15, -0.1) is 0 Å². The van der Waals surface area contributed by atoms with Gasteiger partial charge in [0.05, 0.1) is 0 Å². The molecule has 0 aliphatic carbocycles. The summed E-state index contributed by atoms with van der Waals surface area (Å²) >= 11 is 1.68. The third-order valence-electron chi connectivity index (χ3n) is 3.31. The van der Waals surface area contributed by atoms with Gasteiger partial charge in [0.2, 0.25) is 0 Å². The lowest BCUT2D eigenvalue weighted by molar-refractivity contribution is 0.0964. The van der Waals surface area contributed by atoms with Gasteiger partial charge in [0.25, 0.3) is 5.91 Å². The second-order valence-electron chi connectivity index (χ2n) is 4.65. The number of amides is 1. The second-order valence-corrected chi connectivity index (χ2v) is 5.77. The first-order valence-electron chi connectivity index (χ1n) is 6.76. The lowest BCUT2D eigenvalue weighted by Crippen LogP contribution is -2.18. The summed E-state index contributed by atoms with van der Waals surface area (Å²) in [5.41, 5.74) is 0.717. The van der Waals surface area contributed by atoms with E-state index >= 15 is 0 Å². The van der Waals surface area contributed by atoms with Gasteiger partial charge in [0.1, 0.15) is 0 Å². The Kier molecular flexibility index (Phi) is 3.93. The molecule has 0 saturated heterocycles. The molecule has 3 rings (SSSR count). The number of hydrogen-bond donors (Lipinski definition) is 1. The molecule has 1 N–H and O–H groups in total. The van der Waals surface area contributed by atoms with Gasteiger partial charge in [-0.1, -0.05) is 54.2 Å². The Morgan fingerprint density at radius 1 is 0.905 bits per heavy atom. The van der Waals surface area contributed by atoms with Crippen molar-refractivity contribution < 1.29 is 4.79 Å². The third kappa shape index (κ3) is 2.78. The molecule has 3 aromatic rings. The van der Waals surface area contributed by atoms with Crippen molar-refractivity contribution in [3.63, 3.8) is 0 Å². The van der Waals surface area contributed by atoms with E-state index in [2.05, 4.69) is 23.5 Å². The molecule has 0 saturated carbocycles. The Labute approximate surface area is 128 Å². The van der Waals surface area contributed by atoms with Crippen LogP contribution in [0.5, 0.6) is 0 Å². The average molecular weight is 293 g/mol. The van der Waals surface area contributed by atoms with Crippen molar-refractivity contribution in [3.05, 3.63) is 72.3 Å². The van der Waals surface area contributed by atoms with E-state index in [-0.39, 0.29) is 5.91 Å². The monoisotopic (exact) mass is 293 g/mol. The predicted octanol–water partition coefficient (Wildman–Crippen LogP) is 4.35. The van der Waals surface area contributed by atoms with Gasteiger partial charge in [-0.25, -0.2) is 0 Å². The fourth-order valence-corrected chi connectivity index (χ4v) is 3.35. The zero-order valence-electron chi connectivity index (χ0n) is 11.7. The molecule has 3 aromatic carbocycles. The molecule has 0 bridgehead atoms. The number of hydrogen-bond acceptors (Lipinski definition) is 2. The van der Waals surface area contributed by atoms with E-state index < -0.39 is 0 Å². The number of fused-ring (bicyclic) bond motifs is 1. The summed E-state index contributed by atoms with van der Waals surface area (Å²) in [6.07, 6.45) is 0. The molecule has 0 atom stereocenters. The van der Waals surface area contributed by atoms with E-state index in [9.17, 15) is 4.79 Å². The van der Waals surface area contributed by atoms with Crippen molar-refractivity contribution in [2.45, 2.75) is 9.79 Å². The standard InChI is InChI=1S/C18H15NOS/c1-19-18(20)15-11-5-7-13-8-6-12-16(17(13)15)21-14-9-3-2-4-10-14/h2-12H,1H3,(H,19,20). The lowest BCUT2D eigenvalue weighted by Gasteiger charge is -2.10. The van der Waals surface area contributed by atoms with Gasteiger partial charge < -0.3 is 5.32 Å². The van der Waals surface area contributed by atoms with Crippen LogP contribution in [0.1, 0.15) is 10.4 Å². The highest BCUT2D eigenvalue weighted by Crippen LogP contribution is 2.35. The van der Waals surface area contributed by atoms with Gasteiger partial charge in [-0.3, -0.25) is 4.79 Å². The van der Waals surface area contributed by atoms with E-state index in [1.54, 1.807) is 18.8 Å².